The summed E-state index contributed by atoms with van der Waals surface area (Å²) in [5.74, 6) is 0.789. The van der Waals surface area contributed by atoms with Crippen LogP contribution in [0.4, 0.5) is 0 Å². The quantitative estimate of drug-likeness (QED) is 0.633. The third-order valence-corrected chi connectivity index (χ3v) is 3.15. The number of methoxy groups -OCH3 is 2. The molecule has 138 valence electrons. The summed E-state index contributed by atoms with van der Waals surface area (Å²) >= 11 is 0. The third kappa shape index (κ3) is 7.87. The summed E-state index contributed by atoms with van der Waals surface area (Å²) < 4.78 is 20.3. The highest BCUT2D eigenvalue weighted by Crippen LogP contribution is 2.24. The van der Waals surface area contributed by atoms with E-state index >= 15 is 0 Å². The predicted molar refractivity (Wildman–Crippen MR) is 86.5 cm³/mol. The number of ether oxygens (including phenoxy) is 4. The van der Waals surface area contributed by atoms with Crippen molar-refractivity contribution in [3.05, 3.63) is 22.9 Å². The molecule has 1 rings (SSSR count). The highest BCUT2D eigenvalue weighted by molar-refractivity contribution is 5.69. The van der Waals surface area contributed by atoms with Crippen LogP contribution in [0, 0.1) is 0 Å². The zero-order valence-electron chi connectivity index (χ0n) is 14.9. The van der Waals surface area contributed by atoms with E-state index in [0.29, 0.717) is 17.9 Å². The first-order chi connectivity index (χ1) is 11.5. The van der Waals surface area contributed by atoms with Crippen LogP contribution >= 0.6 is 0 Å². The molecule has 1 heterocycles. The minimum atomic E-state index is -0.316. The van der Waals surface area contributed by atoms with Gasteiger partial charge in [-0.25, -0.2) is 0 Å². The summed E-state index contributed by atoms with van der Waals surface area (Å²) in [5, 5.41) is 10.2. The lowest BCUT2D eigenvalue weighted by Crippen LogP contribution is -2.22. The monoisotopic (exact) mass is 345 g/mol. The maximum absolute atomic E-state index is 11.1. The van der Waals surface area contributed by atoms with Gasteiger partial charge >= 0.3 is 11.9 Å². The van der Waals surface area contributed by atoms with Gasteiger partial charge in [-0.15, -0.1) is 0 Å². The first-order valence-electron chi connectivity index (χ1n) is 7.48. The molecule has 1 aliphatic rings. The van der Waals surface area contributed by atoms with E-state index in [2.05, 4.69) is 14.8 Å². The number of hydrogen-bond acceptors (Lipinski definition) is 8. The van der Waals surface area contributed by atoms with E-state index in [1.807, 2.05) is 13.8 Å². The molecule has 0 unspecified atom stereocenters. The summed E-state index contributed by atoms with van der Waals surface area (Å²) in [6.07, 6.45) is 0.857. The summed E-state index contributed by atoms with van der Waals surface area (Å²) in [4.78, 5) is 22.1. The zero-order valence-corrected chi connectivity index (χ0v) is 14.9. The molecule has 0 radical (unpaired) electrons. The van der Waals surface area contributed by atoms with Gasteiger partial charge in [-0.3, -0.25) is 9.59 Å². The third-order valence-electron chi connectivity index (χ3n) is 3.15. The smallest absolute Gasteiger partial charge is 0.308 e. The number of carbonyl (C=O) groups excluding carboxylic acids is 2. The number of nitrogens with one attached hydrogen (secondary N) is 1. The molecule has 0 aliphatic carbocycles. The highest BCUT2D eigenvalue weighted by atomic mass is 16.5. The van der Waals surface area contributed by atoms with Gasteiger partial charge < -0.3 is 29.4 Å². The Balaban J connectivity index is 0.00000254. The van der Waals surface area contributed by atoms with E-state index in [1.54, 1.807) is 0 Å². The second-order valence-corrected chi connectivity index (χ2v) is 4.75. The minimum Gasteiger partial charge on any atom is -0.495 e. The van der Waals surface area contributed by atoms with Crippen molar-refractivity contribution in [3.63, 3.8) is 0 Å². The molecule has 0 saturated heterocycles. The van der Waals surface area contributed by atoms with Crippen LogP contribution in [0.25, 0.3) is 0 Å². The SMILES string of the molecule is CO.COC(=O)CCOC1=C(C)NC(C)=C(OCCC(=O)OC)C1. The fourth-order valence-electron chi connectivity index (χ4n) is 1.87. The molecule has 0 aromatic heterocycles. The van der Waals surface area contributed by atoms with Gasteiger partial charge in [-0.05, 0) is 13.8 Å². The molecule has 8 nitrogen and oxygen atoms in total. The van der Waals surface area contributed by atoms with E-state index in [9.17, 15) is 9.59 Å². The molecule has 0 bridgehead atoms. The van der Waals surface area contributed by atoms with Crippen LogP contribution in [0.1, 0.15) is 33.1 Å². The average molecular weight is 345 g/mol. The molecule has 0 atom stereocenters. The van der Waals surface area contributed by atoms with E-state index in [0.717, 1.165) is 18.5 Å². The van der Waals surface area contributed by atoms with Crippen molar-refractivity contribution >= 4 is 11.9 Å². The molecule has 0 saturated carbocycles. The Morgan fingerprint density at radius 2 is 1.29 bits per heavy atom. The molecule has 0 aromatic carbocycles. The van der Waals surface area contributed by atoms with Gasteiger partial charge in [0, 0.05) is 7.11 Å². The molecule has 2 N–H and O–H groups in total. The van der Waals surface area contributed by atoms with Crippen molar-refractivity contribution in [1.82, 2.24) is 5.32 Å². The van der Waals surface area contributed by atoms with Gasteiger partial charge in [0.2, 0.25) is 0 Å². The Morgan fingerprint density at radius 1 is 0.917 bits per heavy atom. The first kappa shape index (κ1) is 21.8. The molecular weight excluding hydrogens is 318 g/mol. The molecule has 24 heavy (non-hydrogen) atoms. The summed E-state index contributed by atoms with van der Waals surface area (Å²) in [5.41, 5.74) is 1.75. The Kier molecular flexibility index (Phi) is 11.1. The van der Waals surface area contributed by atoms with Crippen molar-refractivity contribution in [2.75, 3.05) is 34.5 Å². The van der Waals surface area contributed by atoms with Crippen molar-refractivity contribution < 1.29 is 33.6 Å². The number of dihydropyridines is 1. The second kappa shape index (κ2) is 12.2. The topological polar surface area (TPSA) is 103 Å². The summed E-state index contributed by atoms with van der Waals surface area (Å²) in [7, 11) is 3.68. The van der Waals surface area contributed by atoms with Crippen LogP contribution in [0.2, 0.25) is 0 Å². The Bertz CT molecular complexity index is 441. The standard InChI is InChI=1S/C15H23NO6.CH4O/c1-10-12(21-7-5-14(17)19-3)9-13(11(2)16-10)22-8-6-15(18)20-4;1-2/h16H,5-9H2,1-4H3;2H,1H3. The number of rotatable bonds is 8. The molecule has 1 aliphatic heterocycles. The van der Waals surface area contributed by atoms with Crippen LogP contribution in [0.3, 0.4) is 0 Å². The average Bonchev–Trinajstić information content (AvgIpc) is 2.59. The van der Waals surface area contributed by atoms with E-state index < -0.39 is 0 Å². The van der Waals surface area contributed by atoms with Crippen LogP contribution in [-0.4, -0.2) is 51.6 Å². The Labute approximate surface area is 142 Å². The Hall–Kier alpha value is -2.22. The van der Waals surface area contributed by atoms with Gasteiger partial charge in [0.15, 0.2) is 0 Å². The van der Waals surface area contributed by atoms with Gasteiger partial charge in [0.25, 0.3) is 0 Å². The lowest BCUT2D eigenvalue weighted by Gasteiger charge is -2.24. The second-order valence-electron chi connectivity index (χ2n) is 4.75. The lowest BCUT2D eigenvalue weighted by molar-refractivity contribution is -0.142. The van der Waals surface area contributed by atoms with E-state index in [1.165, 1.54) is 14.2 Å². The first-order valence-corrected chi connectivity index (χ1v) is 7.48. The van der Waals surface area contributed by atoms with Crippen molar-refractivity contribution in [3.8, 4) is 0 Å². The number of aliphatic hydroxyl groups is 1. The lowest BCUT2D eigenvalue weighted by atomic mass is 10.1. The molecule has 8 heteroatoms. The van der Waals surface area contributed by atoms with Crippen LogP contribution in [-0.2, 0) is 28.5 Å². The van der Waals surface area contributed by atoms with Crippen LogP contribution < -0.4 is 5.32 Å². The zero-order chi connectivity index (χ0) is 18.5. The number of allylic oxidation sites excluding steroid dienone is 2. The minimum absolute atomic E-state index is 0.189. The normalized spacial score (nSPS) is 13.4. The van der Waals surface area contributed by atoms with Crippen molar-refractivity contribution in [2.45, 2.75) is 33.1 Å². The fraction of sp³-hybridized carbons (Fsp3) is 0.625. The number of aliphatic hydroxyl groups excluding tert-OH is 1. The van der Waals surface area contributed by atoms with Gasteiger partial charge in [-0.2, -0.15) is 0 Å². The van der Waals surface area contributed by atoms with Gasteiger partial charge in [0.05, 0.1) is 58.1 Å². The molecule has 0 fully saturated rings. The van der Waals surface area contributed by atoms with Gasteiger partial charge in [0.1, 0.15) is 11.5 Å². The molecular formula is C16H27NO7. The van der Waals surface area contributed by atoms with E-state index in [-0.39, 0.29) is 38.0 Å². The van der Waals surface area contributed by atoms with Crippen molar-refractivity contribution in [2.24, 2.45) is 0 Å². The van der Waals surface area contributed by atoms with Gasteiger partial charge in [-0.1, -0.05) is 0 Å². The molecule has 0 amide bonds. The van der Waals surface area contributed by atoms with Crippen LogP contribution in [0.5, 0.6) is 0 Å². The maximum atomic E-state index is 11.1. The van der Waals surface area contributed by atoms with Crippen LogP contribution in [0.15, 0.2) is 22.9 Å². The maximum Gasteiger partial charge on any atom is 0.308 e. The largest absolute Gasteiger partial charge is 0.495 e. The molecule has 0 spiro atoms. The summed E-state index contributed by atoms with van der Waals surface area (Å²) in [6.45, 7) is 4.27. The Morgan fingerprint density at radius 3 is 1.62 bits per heavy atom. The van der Waals surface area contributed by atoms with E-state index in [4.69, 9.17) is 14.6 Å². The number of esters is 2. The predicted octanol–water partition coefficient (Wildman–Crippen LogP) is 1.21. The highest BCUT2D eigenvalue weighted by Gasteiger charge is 2.18. The fourth-order valence-corrected chi connectivity index (χ4v) is 1.87. The molecule has 0 aromatic rings. The van der Waals surface area contributed by atoms with Crippen molar-refractivity contribution in [1.29, 1.82) is 0 Å². The summed E-state index contributed by atoms with van der Waals surface area (Å²) in [6, 6.07) is 0. The number of hydrogen-bond donors (Lipinski definition) is 2. The number of carbonyl (C=O) groups is 2.